The lowest BCUT2D eigenvalue weighted by Crippen LogP contribution is -2.18. The molecule has 74 valence electrons. The van der Waals surface area contributed by atoms with Gasteiger partial charge < -0.3 is 9.90 Å². The second-order valence-corrected chi connectivity index (χ2v) is 3.63. The first kappa shape index (κ1) is 11.3. The Morgan fingerprint density at radius 3 is 2.86 bits per heavy atom. The highest BCUT2D eigenvalue weighted by Gasteiger charge is 1.98. The number of carboxylic acids is 1. The number of halogens is 2. The predicted octanol–water partition coefficient (Wildman–Crippen LogP) is 2.00. The summed E-state index contributed by atoms with van der Waals surface area (Å²) in [6.07, 6.45) is 2.45. The molecule has 1 aromatic carbocycles. The van der Waals surface area contributed by atoms with Gasteiger partial charge in [0.15, 0.2) is 0 Å². The Morgan fingerprint density at radius 2 is 2.29 bits per heavy atom. The Balaban J connectivity index is 3.04. The molecule has 0 aliphatic carbocycles. The Hall–Kier alpha value is -0.800. The van der Waals surface area contributed by atoms with Crippen LogP contribution in [0.4, 0.5) is 0 Å². The van der Waals surface area contributed by atoms with Crippen molar-refractivity contribution in [1.29, 1.82) is 0 Å². The first-order chi connectivity index (χ1) is 6.63. The van der Waals surface area contributed by atoms with Crippen LogP contribution in [0, 0.1) is 0 Å². The van der Waals surface area contributed by atoms with Gasteiger partial charge in [-0.1, -0.05) is 39.7 Å². The number of benzene rings is 1. The lowest BCUT2D eigenvalue weighted by Gasteiger charge is -2.03. The summed E-state index contributed by atoms with van der Waals surface area (Å²) in [5.74, 6) is -1.22. The third kappa shape index (κ3) is 3.16. The molecule has 0 unspecified atom stereocenters. The van der Waals surface area contributed by atoms with Crippen molar-refractivity contribution in [2.24, 2.45) is 0 Å². The van der Waals surface area contributed by atoms with Crippen LogP contribution in [0.5, 0.6) is 0 Å². The van der Waals surface area contributed by atoms with Gasteiger partial charge in [0.1, 0.15) is 0 Å². The van der Waals surface area contributed by atoms with Crippen molar-refractivity contribution in [3.05, 3.63) is 40.4 Å². The maximum Gasteiger partial charge on any atom is 0.0643 e. The number of hydrogen-bond donors (Lipinski definition) is 0. The van der Waals surface area contributed by atoms with Crippen molar-refractivity contribution in [3.8, 4) is 0 Å². The first-order valence-electron chi connectivity index (χ1n) is 3.87. The van der Waals surface area contributed by atoms with Gasteiger partial charge >= 0.3 is 0 Å². The maximum atomic E-state index is 10.2. The van der Waals surface area contributed by atoms with Crippen molar-refractivity contribution in [2.45, 2.75) is 5.33 Å². The van der Waals surface area contributed by atoms with E-state index in [0.29, 0.717) is 10.4 Å². The molecular weight excluding hydrogens is 267 g/mol. The minimum absolute atomic E-state index is 0.577. The molecule has 2 nitrogen and oxygen atoms in total. The van der Waals surface area contributed by atoms with E-state index in [0.717, 1.165) is 17.2 Å². The molecule has 0 aromatic heterocycles. The van der Waals surface area contributed by atoms with Gasteiger partial charge in [0.05, 0.1) is 5.97 Å². The number of rotatable bonds is 3. The van der Waals surface area contributed by atoms with E-state index in [1.807, 2.05) is 6.07 Å². The van der Waals surface area contributed by atoms with E-state index in [2.05, 4.69) is 15.9 Å². The van der Waals surface area contributed by atoms with E-state index in [4.69, 9.17) is 11.6 Å². The topological polar surface area (TPSA) is 40.1 Å². The van der Waals surface area contributed by atoms with Crippen LogP contribution in [0.1, 0.15) is 11.1 Å². The molecule has 0 heterocycles. The van der Waals surface area contributed by atoms with Gasteiger partial charge in [-0.15, -0.1) is 0 Å². The van der Waals surface area contributed by atoms with Crippen molar-refractivity contribution in [2.75, 3.05) is 0 Å². The summed E-state index contributed by atoms with van der Waals surface area (Å²) in [6.45, 7) is 0. The maximum absolute atomic E-state index is 10.2. The second-order valence-electron chi connectivity index (χ2n) is 2.63. The van der Waals surface area contributed by atoms with Gasteiger partial charge in [-0.2, -0.15) is 0 Å². The highest BCUT2D eigenvalue weighted by atomic mass is 79.9. The molecular formula is C10H7BrClO2-. The molecule has 1 rings (SSSR count). The van der Waals surface area contributed by atoms with Crippen molar-refractivity contribution < 1.29 is 9.90 Å². The minimum atomic E-state index is -1.22. The van der Waals surface area contributed by atoms with Gasteiger partial charge in [0.25, 0.3) is 0 Å². The molecule has 0 amide bonds. The summed E-state index contributed by atoms with van der Waals surface area (Å²) in [6, 6.07) is 5.30. The Bertz CT molecular complexity index is 374. The number of carbonyl (C=O) groups excluding carboxylic acids is 1. The van der Waals surface area contributed by atoms with E-state index < -0.39 is 5.97 Å². The quantitative estimate of drug-likeness (QED) is 0.625. The molecule has 0 aliphatic rings. The van der Waals surface area contributed by atoms with E-state index >= 15 is 0 Å². The summed E-state index contributed by atoms with van der Waals surface area (Å²) >= 11 is 9.08. The van der Waals surface area contributed by atoms with Crippen LogP contribution in [0.25, 0.3) is 6.08 Å². The number of hydrogen-bond acceptors (Lipinski definition) is 2. The first-order valence-corrected chi connectivity index (χ1v) is 5.37. The Labute approximate surface area is 95.3 Å². The van der Waals surface area contributed by atoms with Crippen LogP contribution in [-0.4, -0.2) is 5.97 Å². The standard InChI is InChI=1S/C10H8BrClO2/c11-6-8-1-3-9(12)5-7(8)2-4-10(13)14/h1-5H,6H2,(H,13,14)/p-1/b4-2+. The van der Waals surface area contributed by atoms with Gasteiger partial charge in [-0.05, 0) is 29.3 Å². The minimum Gasteiger partial charge on any atom is -0.545 e. The number of alkyl halides is 1. The molecule has 0 atom stereocenters. The third-order valence-corrected chi connectivity index (χ3v) is 2.49. The smallest absolute Gasteiger partial charge is 0.0643 e. The van der Waals surface area contributed by atoms with Gasteiger partial charge in [0.2, 0.25) is 0 Å². The summed E-state index contributed by atoms with van der Waals surface area (Å²) in [5, 5.41) is 11.4. The van der Waals surface area contributed by atoms with Crippen LogP contribution < -0.4 is 5.11 Å². The molecule has 0 aliphatic heterocycles. The molecule has 0 fully saturated rings. The van der Waals surface area contributed by atoms with Crippen LogP contribution in [0.3, 0.4) is 0 Å². The molecule has 1 aromatic rings. The van der Waals surface area contributed by atoms with Crippen LogP contribution in [-0.2, 0) is 10.1 Å². The highest BCUT2D eigenvalue weighted by molar-refractivity contribution is 9.08. The fourth-order valence-electron chi connectivity index (χ4n) is 1.00. The summed E-state index contributed by atoms with van der Waals surface area (Å²) in [5.41, 5.74) is 1.76. The van der Waals surface area contributed by atoms with Gasteiger partial charge in [-0.25, -0.2) is 0 Å². The Kier molecular flexibility index (Phi) is 4.17. The zero-order valence-electron chi connectivity index (χ0n) is 7.17. The lowest BCUT2D eigenvalue weighted by molar-refractivity contribution is -0.297. The second kappa shape index (κ2) is 5.17. The SMILES string of the molecule is O=C([O-])/C=C/c1cc(Cl)ccc1CBr. The van der Waals surface area contributed by atoms with Crippen LogP contribution in [0.2, 0.25) is 5.02 Å². The largest absolute Gasteiger partial charge is 0.545 e. The summed E-state index contributed by atoms with van der Waals surface area (Å²) in [7, 11) is 0. The Morgan fingerprint density at radius 1 is 1.57 bits per heavy atom. The van der Waals surface area contributed by atoms with Crippen molar-refractivity contribution in [1.82, 2.24) is 0 Å². The van der Waals surface area contributed by atoms with Crippen LogP contribution in [0.15, 0.2) is 24.3 Å². The highest BCUT2D eigenvalue weighted by Crippen LogP contribution is 2.19. The normalized spacial score (nSPS) is 10.7. The molecule has 0 N–H and O–H groups in total. The van der Waals surface area contributed by atoms with Gasteiger partial charge in [0, 0.05) is 10.4 Å². The summed E-state index contributed by atoms with van der Waals surface area (Å²) < 4.78 is 0. The van der Waals surface area contributed by atoms with Crippen LogP contribution >= 0.6 is 27.5 Å². The van der Waals surface area contributed by atoms with Crippen molar-refractivity contribution in [3.63, 3.8) is 0 Å². The molecule has 4 heteroatoms. The lowest BCUT2D eigenvalue weighted by atomic mass is 10.1. The van der Waals surface area contributed by atoms with Gasteiger partial charge in [-0.3, -0.25) is 0 Å². The summed E-state index contributed by atoms with van der Waals surface area (Å²) in [4.78, 5) is 10.2. The number of aliphatic carboxylic acids is 1. The fourth-order valence-corrected chi connectivity index (χ4v) is 1.69. The fraction of sp³-hybridized carbons (Fsp3) is 0.100. The number of carboxylic acid groups (broad SMARTS) is 1. The molecule has 0 saturated carbocycles. The average Bonchev–Trinajstić information content (AvgIpc) is 2.15. The van der Waals surface area contributed by atoms with E-state index in [-0.39, 0.29) is 0 Å². The molecule has 0 bridgehead atoms. The third-order valence-electron chi connectivity index (χ3n) is 1.65. The molecule has 0 saturated heterocycles. The molecule has 0 spiro atoms. The molecule has 14 heavy (non-hydrogen) atoms. The zero-order chi connectivity index (χ0) is 10.6. The average molecular weight is 275 g/mol. The van der Waals surface area contributed by atoms with E-state index in [1.165, 1.54) is 6.08 Å². The van der Waals surface area contributed by atoms with Crippen molar-refractivity contribution >= 4 is 39.6 Å². The number of carbonyl (C=O) groups is 1. The molecule has 0 radical (unpaired) electrons. The monoisotopic (exact) mass is 273 g/mol. The zero-order valence-corrected chi connectivity index (χ0v) is 9.51. The predicted molar refractivity (Wildman–Crippen MR) is 58.1 cm³/mol. The van der Waals surface area contributed by atoms with E-state index in [9.17, 15) is 9.90 Å². The van der Waals surface area contributed by atoms with E-state index in [1.54, 1.807) is 12.1 Å².